The van der Waals surface area contributed by atoms with Crippen molar-refractivity contribution >= 4 is 0 Å². The molecule has 0 heteroatoms. The second-order valence-corrected chi connectivity index (χ2v) is 6.88. The van der Waals surface area contributed by atoms with E-state index in [0.29, 0.717) is 5.41 Å². The molecule has 15 heavy (non-hydrogen) atoms. The Bertz CT molecular complexity index is 198. The van der Waals surface area contributed by atoms with Crippen molar-refractivity contribution in [2.75, 3.05) is 0 Å². The zero-order valence-electron chi connectivity index (χ0n) is 10.9. The molecule has 2 rings (SSSR count). The van der Waals surface area contributed by atoms with Gasteiger partial charge in [0.2, 0.25) is 0 Å². The summed E-state index contributed by atoms with van der Waals surface area (Å²) in [5.74, 6) is 3.08. The summed E-state index contributed by atoms with van der Waals surface area (Å²) in [5, 5.41) is 0. The van der Waals surface area contributed by atoms with Gasteiger partial charge in [0.1, 0.15) is 0 Å². The molecule has 0 amide bonds. The summed E-state index contributed by atoms with van der Waals surface area (Å²) in [6.07, 6.45) is 12.0. The van der Waals surface area contributed by atoms with Gasteiger partial charge >= 0.3 is 0 Å². The van der Waals surface area contributed by atoms with Gasteiger partial charge in [0, 0.05) is 0 Å². The van der Waals surface area contributed by atoms with Crippen LogP contribution in [0.1, 0.15) is 72.1 Å². The number of hydrogen-bond acceptors (Lipinski definition) is 0. The third-order valence-corrected chi connectivity index (χ3v) is 5.07. The van der Waals surface area contributed by atoms with Crippen LogP contribution >= 0.6 is 0 Å². The molecule has 2 unspecified atom stereocenters. The SMILES string of the molecule is CC1CCC(C2CCCCC2)C(C)(C)C1. The highest BCUT2D eigenvalue weighted by molar-refractivity contribution is 4.89. The van der Waals surface area contributed by atoms with E-state index >= 15 is 0 Å². The van der Waals surface area contributed by atoms with Gasteiger partial charge in [-0.15, -0.1) is 0 Å². The van der Waals surface area contributed by atoms with Crippen molar-refractivity contribution in [3.63, 3.8) is 0 Å². The predicted molar refractivity (Wildman–Crippen MR) is 66.9 cm³/mol. The molecule has 0 aromatic rings. The minimum absolute atomic E-state index is 0.625. The first kappa shape index (κ1) is 11.5. The molecule has 0 saturated heterocycles. The van der Waals surface area contributed by atoms with Gasteiger partial charge in [0.15, 0.2) is 0 Å². The first-order valence-corrected chi connectivity index (χ1v) is 7.09. The molecule has 0 N–H and O–H groups in total. The molecule has 2 saturated carbocycles. The molecule has 0 nitrogen and oxygen atoms in total. The van der Waals surface area contributed by atoms with Crippen LogP contribution in [0.25, 0.3) is 0 Å². The average Bonchev–Trinajstić information content (AvgIpc) is 2.17. The fourth-order valence-corrected chi connectivity index (χ4v) is 4.42. The smallest absolute Gasteiger partial charge is 0.0321 e. The second kappa shape index (κ2) is 4.47. The molecular weight excluding hydrogens is 180 g/mol. The van der Waals surface area contributed by atoms with Crippen molar-refractivity contribution in [3.8, 4) is 0 Å². The summed E-state index contributed by atoms with van der Waals surface area (Å²) in [7, 11) is 0. The van der Waals surface area contributed by atoms with Crippen LogP contribution in [-0.4, -0.2) is 0 Å². The Morgan fingerprint density at radius 1 is 0.867 bits per heavy atom. The van der Waals surface area contributed by atoms with Crippen LogP contribution < -0.4 is 0 Å². The zero-order valence-corrected chi connectivity index (χ0v) is 10.9. The largest absolute Gasteiger partial charge is 0.0625 e. The topological polar surface area (TPSA) is 0 Å². The third-order valence-electron chi connectivity index (χ3n) is 5.07. The quantitative estimate of drug-likeness (QED) is 0.567. The first-order valence-electron chi connectivity index (χ1n) is 7.09. The summed E-state index contributed by atoms with van der Waals surface area (Å²) < 4.78 is 0. The van der Waals surface area contributed by atoms with E-state index in [9.17, 15) is 0 Å². The monoisotopic (exact) mass is 208 g/mol. The Morgan fingerprint density at radius 2 is 1.53 bits per heavy atom. The van der Waals surface area contributed by atoms with Crippen molar-refractivity contribution in [1.82, 2.24) is 0 Å². The normalized spacial score (nSPS) is 37.8. The van der Waals surface area contributed by atoms with Crippen molar-refractivity contribution in [2.45, 2.75) is 72.1 Å². The van der Waals surface area contributed by atoms with Crippen molar-refractivity contribution in [2.24, 2.45) is 23.2 Å². The van der Waals surface area contributed by atoms with E-state index in [-0.39, 0.29) is 0 Å². The Morgan fingerprint density at radius 3 is 2.13 bits per heavy atom. The van der Waals surface area contributed by atoms with Gasteiger partial charge < -0.3 is 0 Å². The Hall–Kier alpha value is 0. The lowest BCUT2D eigenvalue weighted by molar-refractivity contribution is 0.0389. The second-order valence-electron chi connectivity index (χ2n) is 6.88. The number of rotatable bonds is 1. The number of hydrogen-bond donors (Lipinski definition) is 0. The summed E-state index contributed by atoms with van der Waals surface area (Å²) in [5.41, 5.74) is 0.625. The van der Waals surface area contributed by atoms with Crippen LogP contribution in [0.15, 0.2) is 0 Å². The molecule has 2 aliphatic carbocycles. The lowest BCUT2D eigenvalue weighted by Crippen LogP contribution is -2.37. The zero-order chi connectivity index (χ0) is 10.9. The molecule has 0 spiro atoms. The molecule has 2 aliphatic rings. The highest BCUT2D eigenvalue weighted by Gasteiger charge is 2.39. The fourth-order valence-electron chi connectivity index (χ4n) is 4.42. The maximum absolute atomic E-state index is 2.53. The highest BCUT2D eigenvalue weighted by atomic mass is 14.4. The standard InChI is InChI=1S/C15H28/c1-12-9-10-14(15(2,3)11-12)13-7-5-4-6-8-13/h12-14H,4-11H2,1-3H3. The van der Waals surface area contributed by atoms with Gasteiger partial charge in [-0.25, -0.2) is 0 Å². The van der Waals surface area contributed by atoms with E-state index in [4.69, 9.17) is 0 Å². The van der Waals surface area contributed by atoms with Crippen molar-refractivity contribution < 1.29 is 0 Å². The van der Waals surface area contributed by atoms with Gasteiger partial charge in [0.25, 0.3) is 0 Å². The van der Waals surface area contributed by atoms with Crippen LogP contribution in [0.3, 0.4) is 0 Å². The van der Waals surface area contributed by atoms with Gasteiger partial charge in [0.05, 0.1) is 0 Å². The maximum Gasteiger partial charge on any atom is -0.0321 e. The van der Waals surface area contributed by atoms with Crippen molar-refractivity contribution in [1.29, 1.82) is 0 Å². The molecule has 0 heterocycles. The first-order chi connectivity index (χ1) is 7.09. The average molecular weight is 208 g/mol. The molecule has 0 aromatic heterocycles. The summed E-state index contributed by atoms with van der Waals surface area (Å²) >= 11 is 0. The highest BCUT2D eigenvalue weighted by Crippen LogP contribution is 2.49. The van der Waals surface area contributed by atoms with Gasteiger partial charge in [-0.1, -0.05) is 59.3 Å². The minimum atomic E-state index is 0.625. The lowest BCUT2D eigenvalue weighted by atomic mass is 9.59. The van der Waals surface area contributed by atoms with E-state index in [2.05, 4.69) is 20.8 Å². The molecule has 2 atom stereocenters. The van der Waals surface area contributed by atoms with Crippen LogP contribution in [0, 0.1) is 23.2 Å². The molecule has 0 radical (unpaired) electrons. The lowest BCUT2D eigenvalue weighted by Gasteiger charge is -2.46. The van der Waals surface area contributed by atoms with Crippen LogP contribution in [-0.2, 0) is 0 Å². The summed E-state index contributed by atoms with van der Waals surface area (Å²) in [6, 6.07) is 0. The van der Waals surface area contributed by atoms with E-state index in [1.807, 2.05) is 0 Å². The van der Waals surface area contributed by atoms with Crippen molar-refractivity contribution in [3.05, 3.63) is 0 Å². The third kappa shape index (κ3) is 2.57. The van der Waals surface area contributed by atoms with E-state index < -0.39 is 0 Å². The Kier molecular flexibility index (Phi) is 3.42. The van der Waals surface area contributed by atoms with Gasteiger partial charge in [-0.3, -0.25) is 0 Å². The van der Waals surface area contributed by atoms with Crippen LogP contribution in [0.5, 0.6) is 0 Å². The summed E-state index contributed by atoms with van der Waals surface area (Å²) in [6.45, 7) is 7.50. The molecule has 88 valence electrons. The minimum Gasteiger partial charge on any atom is -0.0625 e. The molecule has 2 fully saturated rings. The predicted octanol–water partition coefficient (Wildman–Crippen LogP) is 5.03. The molecule has 0 aromatic carbocycles. The molecule has 0 bridgehead atoms. The maximum atomic E-state index is 2.53. The van der Waals surface area contributed by atoms with E-state index in [0.717, 1.165) is 17.8 Å². The van der Waals surface area contributed by atoms with Crippen LogP contribution in [0.4, 0.5) is 0 Å². The Balaban J connectivity index is 2.00. The van der Waals surface area contributed by atoms with Crippen LogP contribution in [0.2, 0.25) is 0 Å². The fraction of sp³-hybridized carbons (Fsp3) is 1.00. The Labute approximate surface area is 95.8 Å². The van der Waals surface area contributed by atoms with Gasteiger partial charge in [-0.2, -0.15) is 0 Å². The summed E-state index contributed by atoms with van der Waals surface area (Å²) in [4.78, 5) is 0. The van der Waals surface area contributed by atoms with Gasteiger partial charge in [-0.05, 0) is 36.0 Å². The van der Waals surface area contributed by atoms with E-state index in [1.54, 1.807) is 0 Å². The molecule has 0 aliphatic heterocycles. The molecular formula is C15H28. The van der Waals surface area contributed by atoms with E-state index in [1.165, 1.54) is 51.4 Å².